The minimum Gasteiger partial charge on any atom is -0.380 e. The van der Waals surface area contributed by atoms with Gasteiger partial charge in [0.2, 0.25) is 11.8 Å². The standard InChI is InChI=1S/C22H32N4O5/c1-14(2)19(27)25-9-16-10-26(20(28)18-17(11-30-4)15(3)31-23-18)13-22(16,12-25)21(29)24-7-5-6-8-24/h14,16H,5-13H2,1-4H3/t16-,22-/m0/s1. The molecule has 0 radical (unpaired) electrons. The number of amides is 3. The van der Waals surface area contributed by atoms with Gasteiger partial charge in [0.15, 0.2) is 5.69 Å². The second-order valence-electron chi connectivity index (χ2n) is 9.41. The minimum atomic E-state index is -0.745. The van der Waals surface area contributed by atoms with Crippen molar-refractivity contribution in [2.75, 3.05) is 46.4 Å². The van der Waals surface area contributed by atoms with Gasteiger partial charge >= 0.3 is 0 Å². The zero-order valence-corrected chi connectivity index (χ0v) is 18.8. The Kier molecular flexibility index (Phi) is 5.81. The highest BCUT2D eigenvalue weighted by molar-refractivity contribution is 5.95. The molecule has 0 saturated carbocycles. The number of methoxy groups -OCH3 is 1. The third kappa shape index (κ3) is 3.62. The minimum absolute atomic E-state index is 0.0652. The molecule has 0 aromatic carbocycles. The van der Waals surface area contributed by atoms with Crippen LogP contribution in [0.2, 0.25) is 0 Å². The fourth-order valence-electron chi connectivity index (χ4n) is 5.31. The number of ether oxygens (including phenoxy) is 1. The molecule has 0 spiro atoms. The maximum absolute atomic E-state index is 13.7. The third-order valence-electron chi connectivity index (χ3n) is 7.00. The van der Waals surface area contributed by atoms with Gasteiger partial charge in [0.1, 0.15) is 5.76 Å². The van der Waals surface area contributed by atoms with Crippen LogP contribution in [0.15, 0.2) is 4.52 Å². The van der Waals surface area contributed by atoms with Crippen molar-refractivity contribution in [3.63, 3.8) is 0 Å². The molecule has 0 aliphatic carbocycles. The largest absolute Gasteiger partial charge is 0.380 e. The van der Waals surface area contributed by atoms with Crippen LogP contribution < -0.4 is 0 Å². The van der Waals surface area contributed by atoms with Crippen molar-refractivity contribution in [1.82, 2.24) is 19.9 Å². The number of hydrogen-bond donors (Lipinski definition) is 0. The third-order valence-corrected chi connectivity index (χ3v) is 7.00. The molecule has 0 N–H and O–H groups in total. The first kappa shape index (κ1) is 21.8. The fourth-order valence-corrected chi connectivity index (χ4v) is 5.31. The molecule has 3 amide bonds. The van der Waals surface area contributed by atoms with E-state index in [0.717, 1.165) is 25.9 Å². The molecule has 3 saturated heterocycles. The first-order chi connectivity index (χ1) is 14.8. The van der Waals surface area contributed by atoms with E-state index < -0.39 is 5.41 Å². The molecule has 31 heavy (non-hydrogen) atoms. The van der Waals surface area contributed by atoms with E-state index in [4.69, 9.17) is 9.26 Å². The molecule has 2 atom stereocenters. The summed E-state index contributed by atoms with van der Waals surface area (Å²) in [5, 5.41) is 3.98. The molecule has 4 rings (SSSR count). The van der Waals surface area contributed by atoms with Gasteiger partial charge in [-0.2, -0.15) is 0 Å². The van der Waals surface area contributed by atoms with Crippen LogP contribution in [-0.4, -0.2) is 84.0 Å². The van der Waals surface area contributed by atoms with Crippen molar-refractivity contribution in [3.05, 3.63) is 17.0 Å². The van der Waals surface area contributed by atoms with Crippen molar-refractivity contribution in [1.29, 1.82) is 0 Å². The Hall–Kier alpha value is -2.42. The molecule has 9 nitrogen and oxygen atoms in total. The summed E-state index contributed by atoms with van der Waals surface area (Å²) in [5.74, 6) is 0.263. The summed E-state index contributed by atoms with van der Waals surface area (Å²) in [6.07, 6.45) is 2.00. The van der Waals surface area contributed by atoms with E-state index in [2.05, 4.69) is 5.16 Å². The molecule has 4 heterocycles. The Morgan fingerprint density at radius 3 is 2.42 bits per heavy atom. The summed E-state index contributed by atoms with van der Waals surface area (Å²) in [6, 6.07) is 0. The molecule has 3 aliphatic rings. The molecular weight excluding hydrogens is 400 g/mol. The van der Waals surface area contributed by atoms with E-state index in [9.17, 15) is 14.4 Å². The predicted molar refractivity (Wildman–Crippen MR) is 111 cm³/mol. The van der Waals surface area contributed by atoms with E-state index in [1.807, 2.05) is 23.6 Å². The summed E-state index contributed by atoms with van der Waals surface area (Å²) in [6.45, 7) is 8.85. The fraction of sp³-hybridized carbons (Fsp3) is 0.727. The van der Waals surface area contributed by atoms with Crippen molar-refractivity contribution < 1.29 is 23.6 Å². The van der Waals surface area contributed by atoms with Crippen molar-refractivity contribution in [2.45, 2.75) is 40.2 Å². The van der Waals surface area contributed by atoms with E-state index in [-0.39, 0.29) is 41.9 Å². The van der Waals surface area contributed by atoms with E-state index in [1.165, 1.54) is 0 Å². The van der Waals surface area contributed by atoms with Gasteiger partial charge in [-0.3, -0.25) is 14.4 Å². The zero-order valence-electron chi connectivity index (χ0n) is 18.8. The average Bonchev–Trinajstić information content (AvgIpc) is 3.50. The number of fused-ring (bicyclic) bond motifs is 1. The number of nitrogens with zero attached hydrogens (tertiary/aromatic N) is 4. The van der Waals surface area contributed by atoms with Gasteiger partial charge in [0, 0.05) is 58.2 Å². The van der Waals surface area contributed by atoms with Gasteiger partial charge in [-0.25, -0.2) is 0 Å². The first-order valence-electron chi connectivity index (χ1n) is 11.1. The molecule has 0 bridgehead atoms. The lowest BCUT2D eigenvalue weighted by Gasteiger charge is -2.32. The zero-order chi connectivity index (χ0) is 22.3. The Bertz CT molecular complexity index is 875. The Balaban J connectivity index is 1.61. The van der Waals surface area contributed by atoms with Gasteiger partial charge in [0.05, 0.1) is 17.6 Å². The van der Waals surface area contributed by atoms with Crippen LogP contribution in [0.1, 0.15) is 48.5 Å². The van der Waals surface area contributed by atoms with Gasteiger partial charge in [0.25, 0.3) is 5.91 Å². The molecule has 170 valence electrons. The van der Waals surface area contributed by atoms with Gasteiger partial charge in [-0.15, -0.1) is 0 Å². The van der Waals surface area contributed by atoms with Gasteiger partial charge in [-0.05, 0) is 19.8 Å². The summed E-state index contributed by atoms with van der Waals surface area (Å²) in [4.78, 5) is 45.2. The second kappa shape index (κ2) is 8.26. The maximum atomic E-state index is 13.7. The van der Waals surface area contributed by atoms with Crippen molar-refractivity contribution >= 4 is 17.7 Å². The topological polar surface area (TPSA) is 96.2 Å². The van der Waals surface area contributed by atoms with Crippen LogP contribution in [0.25, 0.3) is 0 Å². The van der Waals surface area contributed by atoms with Gasteiger partial charge < -0.3 is 24.0 Å². The normalized spacial score (nSPS) is 25.6. The lowest BCUT2D eigenvalue weighted by Crippen LogP contribution is -2.49. The molecule has 1 aromatic rings. The van der Waals surface area contributed by atoms with Crippen LogP contribution >= 0.6 is 0 Å². The Labute approximate surface area is 182 Å². The first-order valence-corrected chi connectivity index (χ1v) is 11.1. The Morgan fingerprint density at radius 1 is 1.13 bits per heavy atom. The number of carbonyl (C=O) groups is 3. The van der Waals surface area contributed by atoms with Crippen LogP contribution in [-0.2, 0) is 20.9 Å². The SMILES string of the molecule is COCc1c(C(=O)N2C[C@@H]3CN(C(=O)C(C)C)C[C@]3(C(=O)N3CCCC3)C2)noc1C. The van der Waals surface area contributed by atoms with Crippen LogP contribution in [0.5, 0.6) is 0 Å². The number of likely N-dealkylation sites (tertiary alicyclic amines) is 3. The van der Waals surface area contributed by atoms with Gasteiger partial charge in [-0.1, -0.05) is 19.0 Å². The Morgan fingerprint density at radius 2 is 1.77 bits per heavy atom. The molecule has 3 fully saturated rings. The highest BCUT2D eigenvalue weighted by Crippen LogP contribution is 2.45. The van der Waals surface area contributed by atoms with E-state index >= 15 is 0 Å². The highest BCUT2D eigenvalue weighted by atomic mass is 16.5. The van der Waals surface area contributed by atoms with Crippen molar-refractivity contribution in [3.8, 4) is 0 Å². The van der Waals surface area contributed by atoms with Crippen LogP contribution in [0.3, 0.4) is 0 Å². The monoisotopic (exact) mass is 432 g/mol. The molecule has 3 aliphatic heterocycles. The predicted octanol–water partition coefficient (Wildman–Crippen LogP) is 1.31. The average molecular weight is 433 g/mol. The summed E-state index contributed by atoms with van der Waals surface area (Å²) >= 11 is 0. The molecule has 9 heteroatoms. The van der Waals surface area contributed by atoms with Crippen molar-refractivity contribution in [2.24, 2.45) is 17.3 Å². The number of rotatable bonds is 5. The van der Waals surface area contributed by atoms with Crippen LogP contribution in [0, 0.1) is 24.2 Å². The quantitative estimate of drug-likeness (QED) is 0.696. The number of aromatic nitrogens is 1. The summed E-state index contributed by atoms with van der Waals surface area (Å²) in [5.41, 5.74) is 0.143. The number of aryl methyl sites for hydroxylation is 1. The molecule has 1 aromatic heterocycles. The number of hydrogen-bond acceptors (Lipinski definition) is 6. The van der Waals surface area contributed by atoms with E-state index in [0.29, 0.717) is 37.5 Å². The highest BCUT2D eigenvalue weighted by Gasteiger charge is 2.60. The van der Waals surface area contributed by atoms with Crippen LogP contribution in [0.4, 0.5) is 0 Å². The molecular formula is C22H32N4O5. The maximum Gasteiger partial charge on any atom is 0.276 e. The molecule has 0 unspecified atom stereocenters. The lowest BCUT2D eigenvalue weighted by molar-refractivity contribution is -0.141. The summed E-state index contributed by atoms with van der Waals surface area (Å²) < 4.78 is 10.5. The second-order valence-corrected chi connectivity index (χ2v) is 9.41. The lowest BCUT2D eigenvalue weighted by atomic mass is 9.79. The summed E-state index contributed by atoms with van der Waals surface area (Å²) in [7, 11) is 1.56. The number of carbonyl (C=O) groups excluding carboxylic acids is 3. The smallest absolute Gasteiger partial charge is 0.276 e. The van der Waals surface area contributed by atoms with E-state index in [1.54, 1.807) is 18.9 Å².